The zero-order valence-corrected chi connectivity index (χ0v) is 14.9. The number of alkyl carbamates (subject to hydrolysis) is 1. The van der Waals surface area contributed by atoms with Crippen LogP contribution in [0.2, 0.25) is 0 Å². The minimum absolute atomic E-state index is 0.0319. The molecule has 1 aliphatic carbocycles. The predicted molar refractivity (Wildman–Crippen MR) is 87.7 cm³/mol. The smallest absolute Gasteiger partial charge is 0.407 e. The standard InChI is InChI=1S/C17H29NO6/c1-10(18-16(23)24-17(2,3)4)12-7-5-11(6-8-12)9-13(14(19)20)15(21)22/h10-13H,5-9H2,1-4H3,(H,18,23)(H,19,20)(H,21,22). The van der Waals surface area contributed by atoms with Gasteiger partial charge in [-0.15, -0.1) is 0 Å². The fraction of sp³-hybridized carbons (Fsp3) is 0.824. The van der Waals surface area contributed by atoms with E-state index in [1.165, 1.54) is 0 Å². The van der Waals surface area contributed by atoms with Gasteiger partial charge in [0.15, 0.2) is 5.92 Å². The van der Waals surface area contributed by atoms with E-state index in [9.17, 15) is 14.4 Å². The van der Waals surface area contributed by atoms with Gasteiger partial charge in [-0.3, -0.25) is 9.59 Å². The second-order valence-electron chi connectivity index (χ2n) is 7.68. The molecule has 1 unspecified atom stereocenters. The van der Waals surface area contributed by atoms with Crippen LogP contribution in [-0.2, 0) is 14.3 Å². The van der Waals surface area contributed by atoms with Gasteiger partial charge in [0.1, 0.15) is 5.60 Å². The van der Waals surface area contributed by atoms with Crippen LogP contribution in [0.15, 0.2) is 0 Å². The highest BCUT2D eigenvalue weighted by Gasteiger charge is 2.33. The molecule has 0 radical (unpaired) electrons. The van der Waals surface area contributed by atoms with Crippen molar-refractivity contribution in [3.8, 4) is 0 Å². The van der Waals surface area contributed by atoms with Gasteiger partial charge in [-0.1, -0.05) is 12.8 Å². The van der Waals surface area contributed by atoms with Gasteiger partial charge in [-0.05, 0) is 58.8 Å². The Morgan fingerprint density at radius 2 is 1.58 bits per heavy atom. The number of aliphatic carboxylic acids is 2. The van der Waals surface area contributed by atoms with E-state index in [1.807, 2.05) is 27.7 Å². The van der Waals surface area contributed by atoms with Crippen LogP contribution in [-0.4, -0.2) is 39.9 Å². The molecule has 1 rings (SSSR count). The van der Waals surface area contributed by atoms with Crippen molar-refractivity contribution in [2.24, 2.45) is 17.8 Å². The molecule has 7 nitrogen and oxygen atoms in total. The molecule has 24 heavy (non-hydrogen) atoms. The first-order chi connectivity index (χ1) is 11.0. The SMILES string of the molecule is CC(NC(=O)OC(C)(C)C)C1CCC(CC(C(=O)O)C(=O)O)CC1. The average molecular weight is 343 g/mol. The lowest BCUT2D eigenvalue weighted by Gasteiger charge is -2.33. The average Bonchev–Trinajstić information content (AvgIpc) is 2.42. The van der Waals surface area contributed by atoms with Crippen molar-refractivity contribution in [2.45, 2.75) is 71.4 Å². The summed E-state index contributed by atoms with van der Waals surface area (Å²) in [5.41, 5.74) is -0.538. The second kappa shape index (κ2) is 8.35. The molecular formula is C17H29NO6. The first kappa shape index (κ1) is 20.3. The Balaban J connectivity index is 2.43. The van der Waals surface area contributed by atoms with Crippen LogP contribution in [0.1, 0.15) is 59.8 Å². The largest absolute Gasteiger partial charge is 0.481 e. The maximum atomic E-state index is 11.8. The van der Waals surface area contributed by atoms with Crippen molar-refractivity contribution < 1.29 is 29.3 Å². The molecule has 0 heterocycles. The second-order valence-corrected chi connectivity index (χ2v) is 7.68. The minimum Gasteiger partial charge on any atom is -0.481 e. The number of hydrogen-bond donors (Lipinski definition) is 3. The fourth-order valence-electron chi connectivity index (χ4n) is 3.18. The third kappa shape index (κ3) is 6.76. The van der Waals surface area contributed by atoms with Crippen LogP contribution < -0.4 is 5.32 Å². The van der Waals surface area contributed by atoms with Gasteiger partial charge < -0.3 is 20.3 Å². The van der Waals surface area contributed by atoms with E-state index in [-0.39, 0.29) is 18.4 Å². The fourth-order valence-corrected chi connectivity index (χ4v) is 3.18. The van der Waals surface area contributed by atoms with Gasteiger partial charge in [0.2, 0.25) is 0 Å². The van der Waals surface area contributed by atoms with Gasteiger partial charge in [0.05, 0.1) is 0 Å². The Hall–Kier alpha value is -1.79. The van der Waals surface area contributed by atoms with Crippen LogP contribution in [0.3, 0.4) is 0 Å². The van der Waals surface area contributed by atoms with E-state index < -0.39 is 29.6 Å². The van der Waals surface area contributed by atoms with Crippen molar-refractivity contribution >= 4 is 18.0 Å². The molecule has 0 aromatic carbocycles. The number of carboxylic acid groups (broad SMARTS) is 2. The molecule has 1 amide bonds. The monoisotopic (exact) mass is 343 g/mol. The Kier molecular flexibility index (Phi) is 7.05. The van der Waals surface area contributed by atoms with Crippen molar-refractivity contribution in [1.29, 1.82) is 0 Å². The lowest BCUT2D eigenvalue weighted by atomic mass is 9.76. The van der Waals surface area contributed by atoms with Gasteiger partial charge >= 0.3 is 18.0 Å². The number of nitrogens with one attached hydrogen (secondary N) is 1. The molecule has 1 saturated carbocycles. The van der Waals surface area contributed by atoms with Crippen LogP contribution in [0.5, 0.6) is 0 Å². The summed E-state index contributed by atoms with van der Waals surface area (Å²) in [5, 5.41) is 20.8. The summed E-state index contributed by atoms with van der Waals surface area (Å²) in [7, 11) is 0. The van der Waals surface area contributed by atoms with Crippen LogP contribution >= 0.6 is 0 Å². The first-order valence-electron chi connectivity index (χ1n) is 8.44. The van der Waals surface area contributed by atoms with Crippen molar-refractivity contribution in [2.75, 3.05) is 0 Å². The summed E-state index contributed by atoms with van der Waals surface area (Å²) in [6, 6.07) is -0.0319. The number of ether oxygens (including phenoxy) is 1. The normalized spacial score (nSPS) is 22.7. The molecule has 0 aliphatic heterocycles. The van der Waals surface area contributed by atoms with Crippen LogP contribution in [0.4, 0.5) is 4.79 Å². The van der Waals surface area contributed by atoms with Gasteiger partial charge in [-0.25, -0.2) is 4.79 Å². The topological polar surface area (TPSA) is 113 Å². The maximum absolute atomic E-state index is 11.8. The number of amides is 1. The van der Waals surface area contributed by atoms with E-state index in [1.54, 1.807) is 0 Å². The molecule has 138 valence electrons. The molecule has 3 N–H and O–H groups in total. The van der Waals surface area contributed by atoms with Crippen molar-refractivity contribution in [3.05, 3.63) is 0 Å². The molecule has 0 aromatic rings. The van der Waals surface area contributed by atoms with Gasteiger partial charge in [0.25, 0.3) is 0 Å². The van der Waals surface area contributed by atoms with Crippen molar-refractivity contribution in [3.63, 3.8) is 0 Å². The zero-order chi connectivity index (χ0) is 18.5. The molecule has 0 saturated heterocycles. The van der Waals surface area contributed by atoms with Crippen molar-refractivity contribution in [1.82, 2.24) is 5.32 Å². The summed E-state index contributed by atoms with van der Waals surface area (Å²) >= 11 is 0. The van der Waals surface area contributed by atoms with E-state index in [2.05, 4.69) is 5.32 Å². The maximum Gasteiger partial charge on any atom is 0.407 e. The highest BCUT2D eigenvalue weighted by molar-refractivity contribution is 5.92. The Morgan fingerprint density at radius 3 is 2.00 bits per heavy atom. The van der Waals surface area contributed by atoms with E-state index in [4.69, 9.17) is 14.9 Å². The number of carbonyl (C=O) groups is 3. The summed E-state index contributed by atoms with van der Waals surface area (Å²) in [5.74, 6) is -3.48. The third-order valence-corrected chi connectivity index (χ3v) is 4.51. The lowest BCUT2D eigenvalue weighted by molar-refractivity contribution is -0.155. The number of hydrogen-bond acceptors (Lipinski definition) is 4. The zero-order valence-electron chi connectivity index (χ0n) is 14.9. The van der Waals surface area contributed by atoms with E-state index in [0.717, 1.165) is 25.7 Å². The lowest BCUT2D eigenvalue weighted by Crippen LogP contribution is -2.42. The first-order valence-corrected chi connectivity index (χ1v) is 8.44. The summed E-state index contributed by atoms with van der Waals surface area (Å²) < 4.78 is 5.25. The van der Waals surface area contributed by atoms with Gasteiger partial charge in [0, 0.05) is 6.04 Å². The third-order valence-electron chi connectivity index (χ3n) is 4.51. The van der Waals surface area contributed by atoms with Crippen LogP contribution in [0, 0.1) is 17.8 Å². The Morgan fingerprint density at radius 1 is 1.08 bits per heavy atom. The molecule has 0 spiro atoms. The molecule has 7 heteroatoms. The Bertz CT molecular complexity index is 448. The summed E-state index contributed by atoms with van der Waals surface area (Å²) in [6.07, 6.45) is 2.98. The number of carbonyl (C=O) groups excluding carboxylic acids is 1. The van der Waals surface area contributed by atoms with E-state index in [0.29, 0.717) is 5.92 Å². The summed E-state index contributed by atoms with van der Waals surface area (Å²) in [6.45, 7) is 7.36. The molecule has 0 aromatic heterocycles. The summed E-state index contributed by atoms with van der Waals surface area (Å²) in [4.78, 5) is 33.8. The number of carboxylic acids is 2. The molecular weight excluding hydrogens is 314 g/mol. The van der Waals surface area contributed by atoms with Crippen LogP contribution in [0.25, 0.3) is 0 Å². The highest BCUT2D eigenvalue weighted by Crippen LogP contribution is 2.34. The van der Waals surface area contributed by atoms with Gasteiger partial charge in [-0.2, -0.15) is 0 Å². The van der Waals surface area contributed by atoms with E-state index >= 15 is 0 Å². The molecule has 1 fully saturated rings. The highest BCUT2D eigenvalue weighted by atomic mass is 16.6. The number of rotatable bonds is 6. The quantitative estimate of drug-likeness (QED) is 0.639. The predicted octanol–water partition coefficient (Wildman–Crippen LogP) is 2.88. The minimum atomic E-state index is -1.33. The molecule has 1 atom stereocenters. The molecule has 1 aliphatic rings. The Labute approximate surface area is 142 Å². The molecule has 0 bridgehead atoms.